The van der Waals surface area contributed by atoms with E-state index in [2.05, 4.69) is 15.3 Å². The van der Waals surface area contributed by atoms with E-state index in [9.17, 15) is 20.0 Å². The number of rotatable bonds is 6. The minimum Gasteiger partial charge on any atom is -0.481 e. The van der Waals surface area contributed by atoms with E-state index in [1.54, 1.807) is 30.3 Å². The van der Waals surface area contributed by atoms with Crippen LogP contribution in [0.15, 0.2) is 42.7 Å². The molecule has 1 aromatic carbocycles. The molecule has 21 heavy (non-hydrogen) atoms. The first-order valence-corrected chi connectivity index (χ1v) is 6.06. The summed E-state index contributed by atoms with van der Waals surface area (Å²) in [5.74, 6) is -1.59. The summed E-state index contributed by atoms with van der Waals surface area (Å²) in [6.45, 7) is 0.0805. The zero-order chi connectivity index (χ0) is 15.2. The van der Waals surface area contributed by atoms with Crippen LogP contribution in [0.5, 0.6) is 0 Å². The van der Waals surface area contributed by atoms with E-state index in [0.717, 1.165) is 12.4 Å². The van der Waals surface area contributed by atoms with Crippen LogP contribution in [0.25, 0.3) is 0 Å². The fraction of sp³-hybridized carbons (Fsp3) is 0.154. The molecule has 0 amide bonds. The SMILES string of the molecule is O=C(O)C(CNc1ncc([N+](=O)[O-])cn1)c1ccccc1. The highest BCUT2D eigenvalue weighted by molar-refractivity contribution is 5.76. The number of carbonyl (C=O) groups is 1. The first-order valence-electron chi connectivity index (χ1n) is 6.06. The fourth-order valence-electron chi connectivity index (χ4n) is 1.73. The van der Waals surface area contributed by atoms with Gasteiger partial charge < -0.3 is 10.4 Å². The molecule has 0 radical (unpaired) electrons. The van der Waals surface area contributed by atoms with Crippen molar-refractivity contribution in [3.63, 3.8) is 0 Å². The summed E-state index contributed by atoms with van der Waals surface area (Å²) in [6, 6.07) is 8.75. The summed E-state index contributed by atoms with van der Waals surface area (Å²) in [5, 5.41) is 22.5. The third kappa shape index (κ3) is 3.72. The van der Waals surface area contributed by atoms with Crippen LogP contribution in [0.3, 0.4) is 0 Å². The molecule has 2 aromatic rings. The Kier molecular flexibility index (Phi) is 4.39. The van der Waals surface area contributed by atoms with Crippen LogP contribution in [-0.4, -0.2) is 32.5 Å². The molecule has 8 heteroatoms. The van der Waals surface area contributed by atoms with Gasteiger partial charge in [0.1, 0.15) is 12.4 Å². The van der Waals surface area contributed by atoms with Crippen LogP contribution in [0.1, 0.15) is 11.5 Å². The van der Waals surface area contributed by atoms with E-state index in [0.29, 0.717) is 5.56 Å². The predicted molar refractivity (Wildman–Crippen MR) is 74.0 cm³/mol. The third-order valence-corrected chi connectivity index (χ3v) is 2.81. The summed E-state index contributed by atoms with van der Waals surface area (Å²) < 4.78 is 0. The van der Waals surface area contributed by atoms with Gasteiger partial charge in [0.25, 0.3) is 0 Å². The lowest BCUT2D eigenvalue weighted by atomic mass is 9.99. The van der Waals surface area contributed by atoms with E-state index >= 15 is 0 Å². The Hall–Kier alpha value is -3.03. The van der Waals surface area contributed by atoms with Gasteiger partial charge in [-0.1, -0.05) is 30.3 Å². The largest absolute Gasteiger partial charge is 0.481 e. The molecule has 108 valence electrons. The Morgan fingerprint density at radius 2 is 1.90 bits per heavy atom. The monoisotopic (exact) mass is 288 g/mol. The van der Waals surface area contributed by atoms with Gasteiger partial charge in [-0.25, -0.2) is 9.97 Å². The molecule has 1 heterocycles. The molecule has 0 aliphatic rings. The fourth-order valence-corrected chi connectivity index (χ4v) is 1.73. The molecule has 0 bridgehead atoms. The lowest BCUT2D eigenvalue weighted by molar-refractivity contribution is -0.385. The molecule has 1 unspecified atom stereocenters. The Morgan fingerprint density at radius 3 is 2.43 bits per heavy atom. The van der Waals surface area contributed by atoms with E-state index < -0.39 is 16.8 Å². The van der Waals surface area contributed by atoms with Gasteiger partial charge in [0.05, 0.1) is 10.8 Å². The quantitative estimate of drug-likeness (QED) is 0.613. The Balaban J connectivity index is 2.05. The Bertz CT molecular complexity index is 630. The van der Waals surface area contributed by atoms with Gasteiger partial charge >= 0.3 is 11.7 Å². The van der Waals surface area contributed by atoms with E-state index in [4.69, 9.17) is 0 Å². The van der Waals surface area contributed by atoms with Crippen molar-refractivity contribution in [2.24, 2.45) is 0 Å². The van der Waals surface area contributed by atoms with Gasteiger partial charge in [0, 0.05) is 6.54 Å². The van der Waals surface area contributed by atoms with Crippen molar-refractivity contribution in [2.75, 3.05) is 11.9 Å². The highest BCUT2D eigenvalue weighted by Gasteiger charge is 2.19. The summed E-state index contributed by atoms with van der Waals surface area (Å²) >= 11 is 0. The zero-order valence-corrected chi connectivity index (χ0v) is 10.8. The van der Waals surface area contributed by atoms with Gasteiger partial charge in [-0.2, -0.15) is 0 Å². The molecule has 2 N–H and O–H groups in total. The van der Waals surface area contributed by atoms with Crippen LogP contribution in [0.2, 0.25) is 0 Å². The molecule has 0 aliphatic carbocycles. The summed E-state index contributed by atoms with van der Waals surface area (Å²) in [7, 11) is 0. The van der Waals surface area contributed by atoms with Gasteiger partial charge in [-0.15, -0.1) is 0 Å². The third-order valence-electron chi connectivity index (χ3n) is 2.81. The molecular formula is C13H12N4O4. The minimum absolute atomic E-state index is 0.0805. The number of nitrogens with one attached hydrogen (secondary N) is 1. The number of hydrogen-bond donors (Lipinski definition) is 2. The van der Waals surface area contributed by atoms with Crippen LogP contribution in [0.4, 0.5) is 11.6 Å². The lowest BCUT2D eigenvalue weighted by Crippen LogP contribution is -2.21. The van der Waals surface area contributed by atoms with Crippen LogP contribution in [-0.2, 0) is 4.79 Å². The molecule has 0 spiro atoms. The number of nitrogens with zero attached hydrogens (tertiary/aromatic N) is 3. The van der Waals surface area contributed by atoms with Crippen molar-refractivity contribution in [1.82, 2.24) is 9.97 Å². The van der Waals surface area contributed by atoms with E-state index in [-0.39, 0.29) is 18.2 Å². The van der Waals surface area contributed by atoms with Gasteiger partial charge in [-0.3, -0.25) is 14.9 Å². The molecule has 8 nitrogen and oxygen atoms in total. The summed E-state index contributed by atoms with van der Waals surface area (Å²) in [4.78, 5) is 28.7. The molecule has 0 saturated heterocycles. The molecule has 1 atom stereocenters. The standard InChI is InChI=1S/C13H12N4O4/c18-12(19)11(9-4-2-1-3-5-9)8-16-13-14-6-10(7-15-13)17(20)21/h1-7,11H,8H2,(H,18,19)(H,14,15,16). The number of aromatic nitrogens is 2. The average Bonchev–Trinajstić information content (AvgIpc) is 2.48. The number of benzene rings is 1. The Labute approximate surface area is 119 Å². The molecular weight excluding hydrogens is 276 g/mol. The maximum Gasteiger partial charge on any atom is 0.312 e. The van der Waals surface area contributed by atoms with Crippen molar-refractivity contribution in [2.45, 2.75) is 5.92 Å². The topological polar surface area (TPSA) is 118 Å². The van der Waals surface area contributed by atoms with Crippen LogP contribution in [0, 0.1) is 10.1 Å². The van der Waals surface area contributed by atoms with Crippen molar-refractivity contribution in [3.05, 3.63) is 58.4 Å². The smallest absolute Gasteiger partial charge is 0.312 e. The van der Waals surface area contributed by atoms with Gasteiger partial charge in [0.2, 0.25) is 5.95 Å². The van der Waals surface area contributed by atoms with Gasteiger partial charge in [-0.05, 0) is 5.56 Å². The molecule has 1 aromatic heterocycles. The zero-order valence-electron chi connectivity index (χ0n) is 10.8. The molecule has 2 rings (SSSR count). The minimum atomic E-state index is -0.976. The maximum atomic E-state index is 11.3. The van der Waals surface area contributed by atoms with Crippen molar-refractivity contribution in [3.8, 4) is 0 Å². The highest BCUT2D eigenvalue weighted by atomic mass is 16.6. The van der Waals surface area contributed by atoms with Crippen molar-refractivity contribution in [1.29, 1.82) is 0 Å². The number of carboxylic acid groups (broad SMARTS) is 1. The highest BCUT2D eigenvalue weighted by Crippen LogP contribution is 2.16. The average molecular weight is 288 g/mol. The predicted octanol–water partition coefficient (Wildman–Crippen LogP) is 1.67. The first kappa shape index (κ1) is 14.4. The number of nitro groups is 1. The van der Waals surface area contributed by atoms with Crippen LogP contribution >= 0.6 is 0 Å². The normalized spacial score (nSPS) is 11.6. The second kappa shape index (κ2) is 6.42. The Morgan fingerprint density at radius 1 is 1.29 bits per heavy atom. The van der Waals surface area contributed by atoms with E-state index in [1.807, 2.05) is 0 Å². The van der Waals surface area contributed by atoms with E-state index in [1.165, 1.54) is 0 Å². The molecule has 0 aliphatic heterocycles. The van der Waals surface area contributed by atoms with Gasteiger partial charge in [0.15, 0.2) is 0 Å². The lowest BCUT2D eigenvalue weighted by Gasteiger charge is -2.13. The number of hydrogen-bond acceptors (Lipinski definition) is 6. The maximum absolute atomic E-state index is 11.3. The number of anilines is 1. The number of aliphatic carboxylic acids is 1. The summed E-state index contributed by atoms with van der Waals surface area (Å²) in [5.41, 5.74) is 0.429. The van der Waals surface area contributed by atoms with Crippen LogP contribution < -0.4 is 5.32 Å². The van der Waals surface area contributed by atoms with Crippen molar-refractivity contribution >= 4 is 17.6 Å². The molecule has 0 saturated carbocycles. The second-order valence-electron chi connectivity index (χ2n) is 4.20. The summed E-state index contributed by atoms with van der Waals surface area (Å²) in [6.07, 6.45) is 2.13. The number of carboxylic acids is 1. The molecule has 0 fully saturated rings. The first-order chi connectivity index (χ1) is 10.1. The van der Waals surface area contributed by atoms with Crippen molar-refractivity contribution < 1.29 is 14.8 Å². The second-order valence-corrected chi connectivity index (χ2v) is 4.20.